The molecule has 0 unspecified atom stereocenters. The molecule has 0 spiro atoms. The fraction of sp³-hybridized carbons (Fsp3) is 0.357. The van der Waals surface area contributed by atoms with Gasteiger partial charge in [0.1, 0.15) is 6.61 Å². The van der Waals surface area contributed by atoms with E-state index in [0.717, 1.165) is 11.3 Å². The lowest BCUT2D eigenvalue weighted by Gasteiger charge is -2.15. The first-order valence-electron chi connectivity index (χ1n) is 7.21. The average Bonchev–Trinajstić information content (AvgIpc) is 3.01. The van der Waals surface area contributed by atoms with E-state index in [0.29, 0.717) is 11.5 Å². The second kappa shape index (κ2) is 8.23. The second-order valence-electron chi connectivity index (χ2n) is 5.04. The third kappa shape index (κ3) is 5.37. The molecule has 0 saturated heterocycles. The smallest absolute Gasteiger partial charge is 0.270 e. The number of carbonyl (C=O) groups excluding carboxylic acids is 1. The Hall–Kier alpha value is -2.24. The molecule has 25 heavy (non-hydrogen) atoms. The molecule has 9 nitrogen and oxygen atoms in total. The van der Waals surface area contributed by atoms with Crippen LogP contribution >= 0.6 is 11.3 Å². The lowest BCUT2D eigenvalue weighted by atomic mass is 10.3. The zero-order valence-electron chi connectivity index (χ0n) is 13.8. The van der Waals surface area contributed by atoms with Gasteiger partial charge in [0.25, 0.3) is 10.0 Å². The SMILES string of the molecule is COc1ccccc1OC[C@@H](C)NS(=O)(=O)c1nnc(NC(C)=O)s1. The number of aromatic nitrogens is 2. The molecule has 0 aliphatic rings. The summed E-state index contributed by atoms with van der Waals surface area (Å²) >= 11 is 0.765. The summed E-state index contributed by atoms with van der Waals surface area (Å²) in [5, 5.41) is 9.70. The molecular weight excluding hydrogens is 368 g/mol. The molecule has 2 rings (SSSR count). The normalized spacial score (nSPS) is 12.4. The molecule has 1 atom stereocenters. The van der Waals surface area contributed by atoms with Crippen molar-refractivity contribution >= 4 is 32.4 Å². The monoisotopic (exact) mass is 386 g/mol. The number of hydrogen-bond donors (Lipinski definition) is 2. The van der Waals surface area contributed by atoms with Crippen LogP contribution in [0.5, 0.6) is 11.5 Å². The van der Waals surface area contributed by atoms with Crippen molar-refractivity contribution in [3.05, 3.63) is 24.3 Å². The minimum Gasteiger partial charge on any atom is -0.493 e. The third-order valence-electron chi connectivity index (χ3n) is 2.83. The molecule has 0 radical (unpaired) electrons. The van der Waals surface area contributed by atoms with Crippen LogP contribution in [0.1, 0.15) is 13.8 Å². The summed E-state index contributed by atoms with van der Waals surface area (Å²) in [6, 6.07) is 6.54. The Morgan fingerprint density at radius 2 is 1.96 bits per heavy atom. The Bertz CT molecular complexity index is 837. The van der Waals surface area contributed by atoms with Crippen molar-refractivity contribution in [1.29, 1.82) is 0 Å². The van der Waals surface area contributed by atoms with E-state index in [1.807, 2.05) is 0 Å². The molecule has 1 aromatic heterocycles. The number of nitrogens with one attached hydrogen (secondary N) is 2. The molecule has 2 N–H and O–H groups in total. The Morgan fingerprint density at radius 1 is 1.28 bits per heavy atom. The van der Waals surface area contributed by atoms with E-state index in [1.165, 1.54) is 14.0 Å². The highest BCUT2D eigenvalue weighted by atomic mass is 32.2. The van der Waals surface area contributed by atoms with Crippen molar-refractivity contribution < 1.29 is 22.7 Å². The van der Waals surface area contributed by atoms with Crippen LogP contribution in [0.3, 0.4) is 0 Å². The summed E-state index contributed by atoms with van der Waals surface area (Å²) in [4.78, 5) is 11.0. The molecule has 0 bridgehead atoms. The van der Waals surface area contributed by atoms with E-state index in [-0.39, 0.29) is 22.0 Å². The van der Waals surface area contributed by atoms with Crippen molar-refractivity contribution in [2.75, 3.05) is 19.0 Å². The van der Waals surface area contributed by atoms with Crippen LogP contribution in [0.2, 0.25) is 0 Å². The molecule has 1 amide bonds. The van der Waals surface area contributed by atoms with Crippen molar-refractivity contribution in [3.8, 4) is 11.5 Å². The lowest BCUT2D eigenvalue weighted by molar-refractivity contribution is -0.114. The van der Waals surface area contributed by atoms with Gasteiger partial charge < -0.3 is 14.8 Å². The van der Waals surface area contributed by atoms with Crippen LogP contribution in [0, 0.1) is 0 Å². The van der Waals surface area contributed by atoms with Crippen LogP contribution in [-0.2, 0) is 14.8 Å². The van der Waals surface area contributed by atoms with Gasteiger partial charge >= 0.3 is 0 Å². The third-order valence-corrected chi connectivity index (χ3v) is 5.63. The number of methoxy groups -OCH3 is 1. The van der Waals surface area contributed by atoms with Gasteiger partial charge in [0.2, 0.25) is 15.4 Å². The Labute approximate surface area is 149 Å². The first-order chi connectivity index (χ1) is 11.8. The van der Waals surface area contributed by atoms with E-state index >= 15 is 0 Å². The van der Waals surface area contributed by atoms with Gasteiger partial charge in [-0.05, 0) is 19.1 Å². The fourth-order valence-electron chi connectivity index (χ4n) is 1.82. The number of hydrogen-bond acceptors (Lipinski definition) is 8. The minimum atomic E-state index is -3.86. The number of nitrogens with zero attached hydrogens (tertiary/aromatic N) is 2. The highest BCUT2D eigenvalue weighted by Crippen LogP contribution is 2.26. The molecule has 1 aromatic carbocycles. The largest absolute Gasteiger partial charge is 0.493 e. The Balaban J connectivity index is 1.97. The van der Waals surface area contributed by atoms with E-state index < -0.39 is 16.1 Å². The molecule has 1 heterocycles. The van der Waals surface area contributed by atoms with Crippen molar-refractivity contribution in [3.63, 3.8) is 0 Å². The Kier molecular flexibility index (Phi) is 6.28. The molecule has 0 fully saturated rings. The molecule has 0 aliphatic heterocycles. The van der Waals surface area contributed by atoms with Gasteiger partial charge in [0.15, 0.2) is 11.5 Å². The van der Waals surface area contributed by atoms with Gasteiger partial charge in [-0.2, -0.15) is 0 Å². The van der Waals surface area contributed by atoms with Crippen LogP contribution < -0.4 is 19.5 Å². The van der Waals surface area contributed by atoms with Crippen LogP contribution in [-0.4, -0.2) is 44.3 Å². The number of para-hydroxylation sites is 2. The standard InChI is InChI=1S/C14H18N4O5S2/c1-9(8-23-12-7-5-4-6-11(12)22-3)18-25(20,21)14-17-16-13(24-14)15-10(2)19/h4-7,9,18H,8H2,1-3H3,(H,15,16,19)/t9-/m1/s1. The maximum Gasteiger partial charge on any atom is 0.270 e. The predicted octanol–water partition coefficient (Wildman–Crippen LogP) is 1.25. The van der Waals surface area contributed by atoms with Gasteiger partial charge in [-0.15, -0.1) is 10.2 Å². The summed E-state index contributed by atoms with van der Waals surface area (Å²) in [5.41, 5.74) is 0. The summed E-state index contributed by atoms with van der Waals surface area (Å²) < 4.78 is 37.5. The zero-order valence-corrected chi connectivity index (χ0v) is 15.5. The maximum absolute atomic E-state index is 12.3. The quantitative estimate of drug-likeness (QED) is 0.655. The zero-order chi connectivity index (χ0) is 18.4. The van der Waals surface area contributed by atoms with Crippen LogP contribution in [0.25, 0.3) is 0 Å². The summed E-state index contributed by atoms with van der Waals surface area (Å²) in [7, 11) is -2.34. The van der Waals surface area contributed by atoms with Crippen LogP contribution in [0.4, 0.5) is 5.13 Å². The van der Waals surface area contributed by atoms with Crippen LogP contribution in [0.15, 0.2) is 28.6 Å². The van der Waals surface area contributed by atoms with Gasteiger partial charge in [-0.25, -0.2) is 13.1 Å². The highest BCUT2D eigenvalue weighted by molar-refractivity contribution is 7.91. The number of amides is 1. The number of ether oxygens (including phenoxy) is 2. The molecule has 136 valence electrons. The lowest BCUT2D eigenvalue weighted by Crippen LogP contribution is -2.36. The summed E-state index contributed by atoms with van der Waals surface area (Å²) in [6.07, 6.45) is 0. The first kappa shape index (κ1) is 19.1. The second-order valence-corrected chi connectivity index (χ2v) is 7.90. The number of anilines is 1. The predicted molar refractivity (Wildman–Crippen MR) is 92.5 cm³/mol. The van der Waals surface area contributed by atoms with Crippen molar-refractivity contribution in [2.24, 2.45) is 0 Å². The van der Waals surface area contributed by atoms with Crippen molar-refractivity contribution in [1.82, 2.24) is 14.9 Å². The fourth-order valence-corrected chi connectivity index (χ4v) is 4.01. The Morgan fingerprint density at radius 3 is 2.60 bits per heavy atom. The first-order valence-corrected chi connectivity index (χ1v) is 9.51. The average molecular weight is 386 g/mol. The molecule has 0 saturated carbocycles. The number of benzene rings is 1. The number of carbonyl (C=O) groups is 1. The number of rotatable bonds is 8. The maximum atomic E-state index is 12.3. The van der Waals surface area contributed by atoms with Gasteiger partial charge in [0, 0.05) is 6.92 Å². The summed E-state index contributed by atoms with van der Waals surface area (Å²) in [5.74, 6) is 0.716. The summed E-state index contributed by atoms with van der Waals surface area (Å²) in [6.45, 7) is 3.05. The van der Waals surface area contributed by atoms with E-state index in [4.69, 9.17) is 9.47 Å². The van der Waals surface area contributed by atoms with Gasteiger partial charge in [-0.3, -0.25) is 4.79 Å². The molecule has 0 aliphatic carbocycles. The number of sulfonamides is 1. The minimum absolute atomic E-state index is 0.0942. The molecule has 2 aromatic rings. The van der Waals surface area contributed by atoms with Gasteiger partial charge in [0.05, 0.1) is 13.2 Å². The van der Waals surface area contributed by atoms with Gasteiger partial charge in [-0.1, -0.05) is 23.5 Å². The molecule has 11 heteroatoms. The topological polar surface area (TPSA) is 120 Å². The van der Waals surface area contributed by atoms with Crippen molar-refractivity contribution in [2.45, 2.75) is 24.2 Å². The van der Waals surface area contributed by atoms with E-state index in [1.54, 1.807) is 31.2 Å². The molecular formula is C14H18N4O5S2. The van der Waals surface area contributed by atoms with E-state index in [9.17, 15) is 13.2 Å². The van der Waals surface area contributed by atoms with E-state index in [2.05, 4.69) is 20.2 Å². The highest BCUT2D eigenvalue weighted by Gasteiger charge is 2.23.